The van der Waals surface area contributed by atoms with E-state index < -0.39 is 0 Å². The minimum atomic E-state index is -0.228. The Morgan fingerprint density at radius 3 is 2.95 bits per heavy atom. The predicted octanol–water partition coefficient (Wildman–Crippen LogP) is 3.09. The number of nitrogens with one attached hydrogen (secondary N) is 1. The van der Waals surface area contributed by atoms with E-state index in [9.17, 15) is 4.79 Å². The summed E-state index contributed by atoms with van der Waals surface area (Å²) in [5, 5.41) is 3.30. The zero-order valence-corrected chi connectivity index (χ0v) is 20.9. The molecule has 0 amide bonds. The molecule has 0 saturated carbocycles. The Balaban J connectivity index is 1.50. The maximum Gasteiger partial charge on any atom is 0.330 e. The third-order valence-corrected chi connectivity index (χ3v) is 6.80. The summed E-state index contributed by atoms with van der Waals surface area (Å²) in [7, 11) is 1.66. The number of ether oxygens (including phenoxy) is 2. The highest BCUT2D eigenvalue weighted by atomic mass is 16.5. The zero-order chi connectivity index (χ0) is 26.1. The summed E-state index contributed by atoms with van der Waals surface area (Å²) in [5.41, 5.74) is 3.97. The molecule has 0 saturated heterocycles. The Labute approximate surface area is 218 Å². The number of rotatable bonds is 8. The average molecular weight is 511 g/mol. The number of hydrogen-bond donors (Lipinski definition) is 1. The fraction of sp³-hybridized carbons (Fsp3) is 0.296. The quantitative estimate of drug-likeness (QED) is 0.253. The fourth-order valence-corrected chi connectivity index (χ4v) is 4.97. The van der Waals surface area contributed by atoms with Crippen LogP contribution in [0.2, 0.25) is 0 Å². The van der Waals surface area contributed by atoms with Gasteiger partial charge in [0.05, 0.1) is 43.1 Å². The molecule has 0 fully saturated rings. The first-order valence-corrected chi connectivity index (χ1v) is 12.4. The van der Waals surface area contributed by atoms with E-state index in [1.807, 2.05) is 24.3 Å². The minimum Gasteiger partial charge on any atom is -0.493 e. The topological polar surface area (TPSA) is 105 Å². The van der Waals surface area contributed by atoms with E-state index in [1.165, 1.54) is 0 Å². The van der Waals surface area contributed by atoms with Gasteiger partial charge < -0.3 is 14.8 Å². The molecule has 2 aromatic carbocycles. The first kappa shape index (κ1) is 23.8. The number of para-hydroxylation sites is 1. The van der Waals surface area contributed by atoms with Crippen molar-refractivity contribution < 1.29 is 9.47 Å². The van der Waals surface area contributed by atoms with E-state index >= 15 is 0 Å². The molecule has 1 N–H and O–H groups in total. The molecule has 11 nitrogen and oxygen atoms in total. The molecule has 0 bridgehead atoms. The Bertz CT molecular complexity index is 1730. The van der Waals surface area contributed by atoms with Crippen LogP contribution in [0.1, 0.15) is 18.0 Å². The second kappa shape index (κ2) is 10.1. The van der Waals surface area contributed by atoms with E-state index in [4.69, 9.17) is 21.0 Å². The molecule has 0 spiro atoms. The third kappa shape index (κ3) is 4.09. The van der Waals surface area contributed by atoms with Crippen molar-refractivity contribution in [2.45, 2.75) is 19.0 Å². The standard InChI is InChI=1S/C27H26N8O3/c1-28-18-7-8-20-22(15-18)34(17-31-20)26-30-16-23-25(32-26)35(27(36)33(23)12-10-29-11-14-37-2)21-9-13-38-24-6-4-3-5-19(21)24/h3-8,15-17,21,29H,9-14H2,2H3. The van der Waals surface area contributed by atoms with Crippen molar-refractivity contribution in [2.24, 2.45) is 0 Å². The van der Waals surface area contributed by atoms with Gasteiger partial charge in [0, 0.05) is 38.7 Å². The second-order valence-electron chi connectivity index (χ2n) is 9.02. The van der Waals surface area contributed by atoms with Crippen molar-refractivity contribution in [3.8, 4) is 11.7 Å². The van der Waals surface area contributed by atoms with Gasteiger partial charge in [0.25, 0.3) is 0 Å². The van der Waals surface area contributed by atoms with Crippen LogP contribution in [0, 0.1) is 6.57 Å². The van der Waals surface area contributed by atoms with Crippen LogP contribution >= 0.6 is 0 Å². The van der Waals surface area contributed by atoms with Crippen molar-refractivity contribution in [2.75, 3.05) is 33.4 Å². The van der Waals surface area contributed by atoms with Gasteiger partial charge in [-0.1, -0.05) is 24.3 Å². The molecule has 0 radical (unpaired) electrons. The number of aromatic nitrogens is 6. The Hall–Kier alpha value is -4.53. The molecule has 11 heteroatoms. The summed E-state index contributed by atoms with van der Waals surface area (Å²) >= 11 is 0. The maximum absolute atomic E-state index is 13.9. The fourth-order valence-electron chi connectivity index (χ4n) is 4.97. The molecule has 3 aromatic heterocycles. The highest BCUT2D eigenvalue weighted by molar-refractivity contribution is 5.81. The van der Waals surface area contributed by atoms with Crippen LogP contribution < -0.4 is 15.7 Å². The number of methoxy groups -OCH3 is 1. The van der Waals surface area contributed by atoms with E-state index in [-0.39, 0.29) is 11.7 Å². The minimum absolute atomic E-state index is 0.146. The van der Waals surface area contributed by atoms with Crippen molar-refractivity contribution in [3.05, 3.63) is 82.5 Å². The smallest absolute Gasteiger partial charge is 0.330 e. The number of benzene rings is 2. The largest absolute Gasteiger partial charge is 0.493 e. The lowest BCUT2D eigenvalue weighted by Crippen LogP contribution is -2.33. The Morgan fingerprint density at radius 2 is 2.08 bits per heavy atom. The van der Waals surface area contributed by atoms with Crippen molar-refractivity contribution in [1.82, 2.24) is 34.0 Å². The lowest BCUT2D eigenvalue weighted by molar-refractivity contribution is 0.199. The Morgan fingerprint density at radius 1 is 1.18 bits per heavy atom. The van der Waals surface area contributed by atoms with E-state index in [0.717, 1.165) is 22.3 Å². The van der Waals surface area contributed by atoms with Gasteiger partial charge in [0.1, 0.15) is 17.6 Å². The molecule has 38 heavy (non-hydrogen) atoms. The van der Waals surface area contributed by atoms with Crippen LogP contribution in [-0.4, -0.2) is 62.1 Å². The molecule has 1 atom stereocenters. The summed E-state index contributed by atoms with van der Waals surface area (Å²) in [4.78, 5) is 31.4. The number of fused-ring (bicyclic) bond motifs is 3. The molecular weight excluding hydrogens is 484 g/mol. The van der Waals surface area contributed by atoms with Gasteiger partial charge in [0.2, 0.25) is 5.95 Å². The summed E-state index contributed by atoms with van der Waals surface area (Å²) in [6, 6.07) is 12.9. The van der Waals surface area contributed by atoms with Gasteiger partial charge in [-0.15, -0.1) is 0 Å². The predicted molar refractivity (Wildman–Crippen MR) is 142 cm³/mol. The number of imidazole rings is 2. The third-order valence-electron chi connectivity index (χ3n) is 6.80. The van der Waals surface area contributed by atoms with Crippen LogP contribution in [0.15, 0.2) is 59.8 Å². The van der Waals surface area contributed by atoms with Gasteiger partial charge in [-0.05, 0) is 18.2 Å². The summed E-state index contributed by atoms with van der Waals surface area (Å²) in [6.07, 6.45) is 3.98. The molecule has 5 aromatic rings. The summed E-state index contributed by atoms with van der Waals surface area (Å²) in [6.45, 7) is 10.2. The van der Waals surface area contributed by atoms with Gasteiger partial charge in [-0.2, -0.15) is 4.98 Å². The van der Waals surface area contributed by atoms with Gasteiger partial charge in [-0.3, -0.25) is 13.7 Å². The first-order chi connectivity index (χ1) is 18.7. The lowest BCUT2D eigenvalue weighted by Gasteiger charge is -2.26. The zero-order valence-electron chi connectivity index (χ0n) is 20.9. The SMILES string of the molecule is [C-]#[N+]c1ccc2ncn(-c3ncc4c(n3)n(C3CCOc5ccccc53)c(=O)n4CCNCCOC)c2c1. The molecule has 6 rings (SSSR count). The summed E-state index contributed by atoms with van der Waals surface area (Å²) in [5.74, 6) is 1.16. The summed E-state index contributed by atoms with van der Waals surface area (Å²) < 4.78 is 16.2. The second-order valence-corrected chi connectivity index (χ2v) is 9.02. The van der Waals surface area contributed by atoms with Gasteiger partial charge in [0.15, 0.2) is 11.3 Å². The maximum atomic E-state index is 13.9. The first-order valence-electron chi connectivity index (χ1n) is 12.4. The lowest BCUT2D eigenvalue weighted by atomic mass is 10.0. The highest BCUT2D eigenvalue weighted by Gasteiger charge is 2.28. The Kier molecular flexibility index (Phi) is 6.33. The van der Waals surface area contributed by atoms with E-state index in [0.29, 0.717) is 62.1 Å². The van der Waals surface area contributed by atoms with Crippen LogP contribution in [0.5, 0.6) is 5.75 Å². The molecule has 1 aliphatic rings. The molecule has 192 valence electrons. The molecular formula is C27H26N8O3. The van der Waals surface area contributed by atoms with Crippen molar-refractivity contribution in [3.63, 3.8) is 0 Å². The van der Waals surface area contributed by atoms with Crippen LogP contribution in [0.25, 0.3) is 33.0 Å². The molecule has 0 aliphatic carbocycles. The molecule has 1 unspecified atom stereocenters. The van der Waals surface area contributed by atoms with Gasteiger partial charge in [-0.25, -0.2) is 19.6 Å². The average Bonchev–Trinajstić information content (AvgIpc) is 3.50. The van der Waals surface area contributed by atoms with Crippen LogP contribution in [0.3, 0.4) is 0 Å². The van der Waals surface area contributed by atoms with Crippen LogP contribution in [-0.2, 0) is 11.3 Å². The molecule has 1 aliphatic heterocycles. The van der Waals surface area contributed by atoms with E-state index in [2.05, 4.69) is 20.1 Å². The van der Waals surface area contributed by atoms with Crippen LogP contribution in [0.4, 0.5) is 5.69 Å². The number of hydrogen-bond acceptors (Lipinski definition) is 7. The molecule has 4 heterocycles. The monoisotopic (exact) mass is 510 g/mol. The highest BCUT2D eigenvalue weighted by Crippen LogP contribution is 2.35. The van der Waals surface area contributed by atoms with Crippen molar-refractivity contribution in [1.29, 1.82) is 0 Å². The van der Waals surface area contributed by atoms with Crippen molar-refractivity contribution >= 4 is 27.9 Å². The number of nitrogens with zero attached hydrogens (tertiary/aromatic N) is 7. The van der Waals surface area contributed by atoms with Gasteiger partial charge >= 0.3 is 5.69 Å². The normalized spacial score (nSPS) is 14.9. The van der Waals surface area contributed by atoms with E-state index in [1.54, 1.807) is 51.5 Å².